The number of rotatable bonds is 3. The molecule has 0 saturated carbocycles. The predicted octanol–water partition coefficient (Wildman–Crippen LogP) is 2.56. The van der Waals surface area contributed by atoms with Crippen LogP contribution in [0.2, 0.25) is 0 Å². The van der Waals surface area contributed by atoms with Gasteiger partial charge in [0.05, 0.1) is 6.20 Å². The number of carbonyl (C=O) groups excluding carboxylic acids is 1. The number of fused-ring (bicyclic) bond motifs is 2. The van der Waals surface area contributed by atoms with Gasteiger partial charge in [0.15, 0.2) is 0 Å². The van der Waals surface area contributed by atoms with Gasteiger partial charge in [-0.2, -0.15) is 0 Å². The Hall–Kier alpha value is -1.79. The molecule has 5 nitrogen and oxygen atoms in total. The summed E-state index contributed by atoms with van der Waals surface area (Å²) in [5, 5.41) is 4.50. The van der Waals surface area contributed by atoms with Crippen LogP contribution in [0.1, 0.15) is 35.4 Å². The van der Waals surface area contributed by atoms with E-state index in [1.165, 1.54) is 24.2 Å². The Bertz CT molecular complexity index is 690. The van der Waals surface area contributed by atoms with Crippen LogP contribution in [0.15, 0.2) is 30.7 Å². The summed E-state index contributed by atoms with van der Waals surface area (Å²) in [6.07, 6.45) is 9.81. The van der Waals surface area contributed by atoms with Gasteiger partial charge in [0.25, 0.3) is 5.91 Å². The lowest BCUT2D eigenvalue weighted by molar-refractivity contribution is 0.0686. The summed E-state index contributed by atoms with van der Waals surface area (Å²) in [7, 11) is 1.93. The topological polar surface area (TPSA) is 58.1 Å². The molecule has 6 heteroatoms. The van der Waals surface area contributed by atoms with Crippen molar-refractivity contribution in [3.8, 4) is 10.6 Å². The van der Waals surface area contributed by atoms with E-state index in [-0.39, 0.29) is 5.91 Å². The molecule has 2 aliphatic heterocycles. The van der Waals surface area contributed by atoms with Gasteiger partial charge in [-0.05, 0) is 37.8 Å². The van der Waals surface area contributed by atoms with Crippen LogP contribution in [0, 0.1) is 0 Å². The maximum absolute atomic E-state index is 12.8. The number of hydrogen-bond acceptors (Lipinski definition) is 5. The zero-order valence-electron chi connectivity index (χ0n) is 13.1. The Labute approximate surface area is 139 Å². The van der Waals surface area contributed by atoms with Crippen LogP contribution in [0.5, 0.6) is 0 Å². The molecule has 2 bridgehead atoms. The molecule has 23 heavy (non-hydrogen) atoms. The lowest BCUT2D eigenvalue weighted by Crippen LogP contribution is -2.48. The number of amides is 1. The smallest absolute Gasteiger partial charge is 0.265 e. The summed E-state index contributed by atoms with van der Waals surface area (Å²) < 4.78 is 0. The molecule has 2 atom stereocenters. The molecule has 2 aromatic rings. The first-order chi connectivity index (χ1) is 11.2. The molecule has 0 aliphatic carbocycles. The number of nitrogens with one attached hydrogen (secondary N) is 1. The van der Waals surface area contributed by atoms with Gasteiger partial charge in [0.1, 0.15) is 9.88 Å². The van der Waals surface area contributed by atoms with Crippen LogP contribution >= 0.6 is 11.3 Å². The van der Waals surface area contributed by atoms with Gasteiger partial charge in [0, 0.05) is 43.1 Å². The standard InChI is InChI=1S/C17H20N4OS/c1-21(14-8-12-2-3-13(9-14)20-12)17(22)15-10-19-16(23-15)11-4-6-18-7-5-11/h4-7,10,12-14,20H,2-3,8-9H2,1H3. The van der Waals surface area contributed by atoms with Gasteiger partial charge in [0.2, 0.25) is 0 Å². The van der Waals surface area contributed by atoms with E-state index in [1.807, 2.05) is 24.1 Å². The van der Waals surface area contributed by atoms with Crippen LogP contribution in [-0.2, 0) is 0 Å². The highest BCUT2D eigenvalue weighted by molar-refractivity contribution is 7.16. The third-order valence-electron chi connectivity index (χ3n) is 4.96. The summed E-state index contributed by atoms with van der Waals surface area (Å²) in [6, 6.07) is 5.35. The lowest BCUT2D eigenvalue weighted by atomic mass is 9.98. The third-order valence-corrected chi connectivity index (χ3v) is 5.99. The van der Waals surface area contributed by atoms with Crippen molar-refractivity contribution in [3.63, 3.8) is 0 Å². The minimum atomic E-state index is 0.0918. The SMILES string of the molecule is CN(C(=O)c1cnc(-c2ccncc2)s1)C1CC2CCC(C1)N2. The van der Waals surface area contributed by atoms with Crippen molar-refractivity contribution in [2.45, 2.75) is 43.8 Å². The summed E-state index contributed by atoms with van der Waals surface area (Å²) >= 11 is 1.46. The fourth-order valence-corrected chi connectivity index (χ4v) is 4.59. The average Bonchev–Trinajstić information content (AvgIpc) is 3.21. The monoisotopic (exact) mass is 328 g/mol. The van der Waals surface area contributed by atoms with Crippen LogP contribution in [0.4, 0.5) is 0 Å². The molecule has 0 aromatic carbocycles. The summed E-state index contributed by atoms with van der Waals surface area (Å²) in [6.45, 7) is 0. The maximum Gasteiger partial charge on any atom is 0.265 e. The van der Waals surface area contributed by atoms with Crippen LogP contribution in [-0.4, -0.2) is 45.9 Å². The number of aromatic nitrogens is 2. The highest BCUT2D eigenvalue weighted by atomic mass is 32.1. The molecule has 4 heterocycles. The van der Waals surface area contributed by atoms with Crippen molar-refractivity contribution in [3.05, 3.63) is 35.6 Å². The van der Waals surface area contributed by atoms with Gasteiger partial charge in [-0.1, -0.05) is 0 Å². The van der Waals surface area contributed by atoms with Crippen molar-refractivity contribution in [2.75, 3.05) is 7.05 Å². The fourth-order valence-electron chi connectivity index (χ4n) is 3.68. The molecule has 1 amide bonds. The number of nitrogens with zero attached hydrogens (tertiary/aromatic N) is 3. The quantitative estimate of drug-likeness (QED) is 0.941. The molecular weight excluding hydrogens is 308 g/mol. The van der Waals surface area contributed by atoms with Crippen LogP contribution in [0.25, 0.3) is 10.6 Å². The normalized spacial score (nSPS) is 26.2. The minimum absolute atomic E-state index is 0.0918. The van der Waals surface area contributed by atoms with Crippen molar-refractivity contribution < 1.29 is 4.79 Å². The molecule has 120 valence electrons. The first kappa shape index (κ1) is 14.8. The Balaban J connectivity index is 1.49. The minimum Gasteiger partial charge on any atom is -0.338 e. The highest BCUT2D eigenvalue weighted by Crippen LogP contribution is 2.31. The van der Waals surface area contributed by atoms with Gasteiger partial charge in [-0.3, -0.25) is 9.78 Å². The number of pyridine rings is 1. The number of thiazole rings is 1. The number of carbonyl (C=O) groups is 1. The number of hydrogen-bond donors (Lipinski definition) is 1. The van der Waals surface area contributed by atoms with E-state index in [9.17, 15) is 4.79 Å². The molecule has 0 spiro atoms. The number of piperidine rings is 1. The van der Waals surface area contributed by atoms with Crippen LogP contribution in [0.3, 0.4) is 0 Å². The first-order valence-electron chi connectivity index (χ1n) is 8.10. The maximum atomic E-state index is 12.8. The van der Waals surface area contributed by atoms with E-state index in [1.54, 1.807) is 18.6 Å². The molecule has 1 N–H and O–H groups in total. The summed E-state index contributed by atoms with van der Waals surface area (Å²) in [4.78, 5) is 23.9. The van der Waals surface area contributed by atoms with Crippen molar-refractivity contribution in [1.29, 1.82) is 0 Å². The zero-order valence-corrected chi connectivity index (χ0v) is 13.9. The van der Waals surface area contributed by atoms with Gasteiger partial charge < -0.3 is 10.2 Å². The predicted molar refractivity (Wildman–Crippen MR) is 90.4 cm³/mol. The van der Waals surface area contributed by atoms with Gasteiger partial charge in [-0.25, -0.2) is 4.98 Å². The van der Waals surface area contributed by atoms with E-state index in [0.29, 0.717) is 23.0 Å². The van der Waals surface area contributed by atoms with E-state index in [0.717, 1.165) is 23.4 Å². The molecule has 2 fully saturated rings. The molecular formula is C17H20N4OS. The van der Waals surface area contributed by atoms with Crippen molar-refractivity contribution in [2.24, 2.45) is 0 Å². The second-order valence-electron chi connectivity index (χ2n) is 6.44. The Kier molecular flexibility index (Phi) is 3.87. The first-order valence-corrected chi connectivity index (χ1v) is 8.92. The van der Waals surface area contributed by atoms with Gasteiger partial charge >= 0.3 is 0 Å². The van der Waals surface area contributed by atoms with Crippen LogP contribution < -0.4 is 5.32 Å². The molecule has 4 rings (SSSR count). The Morgan fingerprint density at radius 1 is 1.26 bits per heavy atom. The zero-order chi connectivity index (χ0) is 15.8. The third kappa shape index (κ3) is 2.88. The molecule has 0 radical (unpaired) electrons. The molecule has 2 aromatic heterocycles. The summed E-state index contributed by atoms with van der Waals surface area (Å²) in [5.74, 6) is 0.0918. The second-order valence-corrected chi connectivity index (χ2v) is 7.48. The van der Waals surface area contributed by atoms with E-state index >= 15 is 0 Å². The van der Waals surface area contributed by atoms with E-state index < -0.39 is 0 Å². The second kappa shape index (κ2) is 6.02. The fraction of sp³-hybridized carbons (Fsp3) is 0.471. The molecule has 2 aliphatic rings. The Morgan fingerprint density at radius 3 is 2.65 bits per heavy atom. The van der Waals surface area contributed by atoms with Crippen molar-refractivity contribution >= 4 is 17.2 Å². The largest absolute Gasteiger partial charge is 0.338 e. The van der Waals surface area contributed by atoms with E-state index in [4.69, 9.17) is 0 Å². The van der Waals surface area contributed by atoms with E-state index in [2.05, 4.69) is 15.3 Å². The van der Waals surface area contributed by atoms with Crippen molar-refractivity contribution in [1.82, 2.24) is 20.2 Å². The highest BCUT2D eigenvalue weighted by Gasteiger charge is 2.36. The van der Waals surface area contributed by atoms with Gasteiger partial charge in [-0.15, -0.1) is 11.3 Å². The Morgan fingerprint density at radius 2 is 1.96 bits per heavy atom. The average molecular weight is 328 g/mol. The lowest BCUT2D eigenvalue weighted by Gasteiger charge is -2.35. The molecule has 2 saturated heterocycles. The summed E-state index contributed by atoms with van der Waals surface area (Å²) in [5.41, 5.74) is 1.01. The molecule has 2 unspecified atom stereocenters.